The number of piperidine rings is 1. The number of carbonyl (C=O) groups is 1. The lowest BCUT2D eigenvalue weighted by molar-refractivity contribution is 0.0708. The molecule has 156 valence electrons. The Morgan fingerprint density at radius 2 is 1.75 bits per heavy atom. The highest BCUT2D eigenvalue weighted by molar-refractivity contribution is 7.91. The normalized spacial score (nSPS) is 23.6. The summed E-state index contributed by atoms with van der Waals surface area (Å²) in [4.78, 5) is 14.6. The van der Waals surface area contributed by atoms with Crippen molar-refractivity contribution in [1.29, 1.82) is 0 Å². The van der Waals surface area contributed by atoms with Crippen molar-refractivity contribution in [3.05, 3.63) is 29.8 Å². The van der Waals surface area contributed by atoms with Gasteiger partial charge in [-0.2, -0.15) is 4.31 Å². The zero-order chi connectivity index (χ0) is 20.5. The minimum atomic E-state index is -3.56. The van der Waals surface area contributed by atoms with Gasteiger partial charge < -0.3 is 4.90 Å². The number of hydrogen-bond acceptors (Lipinski definition) is 5. The summed E-state index contributed by atoms with van der Waals surface area (Å²) in [6.07, 6.45) is 2.15. The predicted molar refractivity (Wildman–Crippen MR) is 107 cm³/mol. The summed E-state index contributed by atoms with van der Waals surface area (Å²) in [5.41, 5.74) is 0.373. The van der Waals surface area contributed by atoms with Gasteiger partial charge in [-0.3, -0.25) is 4.79 Å². The molecule has 0 aromatic heterocycles. The number of nitrogens with zero attached hydrogens (tertiary/aromatic N) is 2. The zero-order valence-corrected chi connectivity index (χ0v) is 18.0. The third kappa shape index (κ3) is 4.41. The summed E-state index contributed by atoms with van der Waals surface area (Å²) in [5, 5.41) is 0. The van der Waals surface area contributed by atoms with Crippen LogP contribution >= 0.6 is 0 Å². The fourth-order valence-corrected chi connectivity index (χ4v) is 7.10. The van der Waals surface area contributed by atoms with Gasteiger partial charge in [0.2, 0.25) is 10.0 Å². The SMILES string of the molecule is CCN(C(=O)c1ccc(S(=O)(=O)N2CCC(C)CC2)cc1)[C@@H]1CCS(=O)(=O)C1. The van der Waals surface area contributed by atoms with Gasteiger partial charge in [0, 0.05) is 31.2 Å². The first-order valence-corrected chi connectivity index (χ1v) is 13.0. The number of rotatable bonds is 5. The predicted octanol–water partition coefficient (Wildman–Crippen LogP) is 1.76. The quantitative estimate of drug-likeness (QED) is 0.713. The van der Waals surface area contributed by atoms with Crippen LogP contribution in [-0.2, 0) is 19.9 Å². The van der Waals surface area contributed by atoms with Gasteiger partial charge in [-0.25, -0.2) is 16.8 Å². The molecule has 0 bridgehead atoms. The van der Waals surface area contributed by atoms with Crippen molar-refractivity contribution in [2.45, 2.75) is 44.0 Å². The summed E-state index contributed by atoms with van der Waals surface area (Å²) in [6.45, 7) is 5.39. The number of sulfonamides is 1. The van der Waals surface area contributed by atoms with E-state index in [9.17, 15) is 21.6 Å². The molecule has 0 spiro atoms. The summed E-state index contributed by atoms with van der Waals surface area (Å²) in [5.74, 6) is 0.366. The zero-order valence-electron chi connectivity index (χ0n) is 16.4. The molecule has 2 heterocycles. The molecule has 1 amide bonds. The van der Waals surface area contributed by atoms with Gasteiger partial charge in [-0.1, -0.05) is 6.92 Å². The van der Waals surface area contributed by atoms with Crippen LogP contribution in [0, 0.1) is 5.92 Å². The fraction of sp³-hybridized carbons (Fsp3) is 0.632. The Hall–Kier alpha value is -1.45. The molecule has 1 aromatic carbocycles. The molecule has 28 heavy (non-hydrogen) atoms. The van der Waals surface area contributed by atoms with E-state index in [0.717, 1.165) is 12.8 Å². The molecule has 7 nitrogen and oxygen atoms in total. The molecule has 1 atom stereocenters. The van der Waals surface area contributed by atoms with Crippen LogP contribution in [0.2, 0.25) is 0 Å². The largest absolute Gasteiger partial charge is 0.335 e. The summed E-state index contributed by atoms with van der Waals surface area (Å²) >= 11 is 0. The van der Waals surface area contributed by atoms with E-state index in [0.29, 0.717) is 37.5 Å². The van der Waals surface area contributed by atoms with Crippen LogP contribution in [0.25, 0.3) is 0 Å². The van der Waals surface area contributed by atoms with Crippen LogP contribution < -0.4 is 0 Å². The van der Waals surface area contributed by atoms with Crippen LogP contribution in [0.3, 0.4) is 0 Å². The highest BCUT2D eigenvalue weighted by Gasteiger charge is 2.34. The minimum absolute atomic E-state index is 0.00751. The average molecular weight is 429 g/mol. The van der Waals surface area contributed by atoms with Crippen LogP contribution in [0.5, 0.6) is 0 Å². The van der Waals surface area contributed by atoms with Crippen LogP contribution in [-0.4, -0.2) is 69.1 Å². The van der Waals surface area contributed by atoms with Gasteiger partial charge in [0.05, 0.1) is 16.4 Å². The van der Waals surface area contributed by atoms with Crippen molar-refractivity contribution in [3.8, 4) is 0 Å². The Morgan fingerprint density at radius 3 is 2.25 bits per heavy atom. The van der Waals surface area contributed by atoms with Crippen molar-refractivity contribution in [3.63, 3.8) is 0 Å². The van der Waals surface area contributed by atoms with Crippen LogP contribution in [0.1, 0.15) is 43.5 Å². The Labute approximate surface area is 167 Å². The van der Waals surface area contributed by atoms with E-state index in [2.05, 4.69) is 6.92 Å². The van der Waals surface area contributed by atoms with Crippen molar-refractivity contribution in [1.82, 2.24) is 9.21 Å². The Balaban J connectivity index is 1.75. The molecule has 0 aliphatic carbocycles. The van der Waals surface area contributed by atoms with E-state index >= 15 is 0 Å². The summed E-state index contributed by atoms with van der Waals surface area (Å²) in [7, 11) is -6.64. The van der Waals surface area contributed by atoms with Gasteiger partial charge in [0.15, 0.2) is 9.84 Å². The van der Waals surface area contributed by atoms with E-state index in [4.69, 9.17) is 0 Å². The number of carbonyl (C=O) groups excluding carboxylic acids is 1. The molecule has 0 saturated carbocycles. The molecular weight excluding hydrogens is 400 g/mol. The number of benzene rings is 1. The second-order valence-electron chi connectivity index (χ2n) is 7.76. The Kier molecular flexibility index (Phi) is 6.17. The fourth-order valence-electron chi connectivity index (χ4n) is 3.90. The van der Waals surface area contributed by atoms with E-state index in [1.807, 2.05) is 6.92 Å². The van der Waals surface area contributed by atoms with Crippen LogP contribution in [0.15, 0.2) is 29.2 Å². The molecule has 0 N–H and O–H groups in total. The lowest BCUT2D eigenvalue weighted by atomic mass is 10.0. The van der Waals surface area contributed by atoms with Crippen molar-refractivity contribution >= 4 is 25.8 Å². The first kappa shape index (κ1) is 21.3. The van der Waals surface area contributed by atoms with Crippen LogP contribution in [0.4, 0.5) is 0 Å². The topological polar surface area (TPSA) is 91.8 Å². The Morgan fingerprint density at radius 1 is 1.14 bits per heavy atom. The number of amides is 1. The molecule has 0 unspecified atom stereocenters. The minimum Gasteiger partial charge on any atom is -0.335 e. The number of hydrogen-bond donors (Lipinski definition) is 0. The highest BCUT2D eigenvalue weighted by Crippen LogP contribution is 2.25. The molecule has 2 aliphatic heterocycles. The van der Waals surface area contributed by atoms with E-state index < -0.39 is 19.9 Å². The lowest BCUT2D eigenvalue weighted by Gasteiger charge is -2.29. The lowest BCUT2D eigenvalue weighted by Crippen LogP contribution is -2.41. The van der Waals surface area contributed by atoms with Gasteiger partial charge in [0.25, 0.3) is 5.91 Å². The van der Waals surface area contributed by atoms with Gasteiger partial charge in [0.1, 0.15) is 0 Å². The molecule has 2 aliphatic rings. The molecular formula is C19H28N2O5S2. The van der Waals surface area contributed by atoms with E-state index in [-0.39, 0.29) is 28.4 Å². The monoisotopic (exact) mass is 428 g/mol. The number of sulfone groups is 1. The third-order valence-electron chi connectivity index (χ3n) is 5.73. The molecule has 0 radical (unpaired) electrons. The average Bonchev–Trinajstić information content (AvgIpc) is 3.02. The summed E-state index contributed by atoms with van der Waals surface area (Å²) < 4.78 is 50.6. The van der Waals surface area contributed by atoms with Crippen molar-refractivity contribution < 1.29 is 21.6 Å². The highest BCUT2D eigenvalue weighted by atomic mass is 32.2. The third-order valence-corrected chi connectivity index (χ3v) is 9.40. The molecule has 1 aromatic rings. The first-order valence-electron chi connectivity index (χ1n) is 9.75. The Bertz CT molecular complexity index is 918. The van der Waals surface area contributed by atoms with E-state index in [1.54, 1.807) is 4.90 Å². The van der Waals surface area contributed by atoms with Crippen molar-refractivity contribution in [2.75, 3.05) is 31.1 Å². The molecule has 9 heteroatoms. The standard InChI is InChI=1S/C19H28N2O5S2/c1-3-21(17-10-13-27(23,24)14-17)19(22)16-4-6-18(7-5-16)28(25,26)20-11-8-15(2)9-12-20/h4-7,15,17H,3,8-14H2,1-2H3/t17-/m1/s1. The van der Waals surface area contributed by atoms with Crippen molar-refractivity contribution in [2.24, 2.45) is 5.92 Å². The van der Waals surface area contributed by atoms with Gasteiger partial charge in [-0.15, -0.1) is 0 Å². The maximum atomic E-state index is 12.8. The second-order valence-corrected chi connectivity index (χ2v) is 11.9. The second kappa shape index (κ2) is 8.12. The smallest absolute Gasteiger partial charge is 0.254 e. The molecule has 3 rings (SSSR count). The van der Waals surface area contributed by atoms with E-state index in [1.165, 1.54) is 28.6 Å². The maximum absolute atomic E-state index is 12.8. The van der Waals surface area contributed by atoms with Gasteiger partial charge >= 0.3 is 0 Å². The summed E-state index contributed by atoms with van der Waals surface area (Å²) in [6, 6.07) is 5.67. The molecule has 2 fully saturated rings. The maximum Gasteiger partial charge on any atom is 0.254 e. The van der Waals surface area contributed by atoms with Gasteiger partial charge in [-0.05, 0) is 56.4 Å². The first-order chi connectivity index (χ1) is 13.1. The molecule has 2 saturated heterocycles.